The van der Waals surface area contributed by atoms with E-state index in [0.29, 0.717) is 0 Å². The number of esters is 1. The van der Waals surface area contributed by atoms with Gasteiger partial charge >= 0.3 is 5.97 Å². The summed E-state index contributed by atoms with van der Waals surface area (Å²) in [5.74, 6) is -4.31. The number of aliphatic hydroxyl groups is 1. The molecule has 0 bridgehead atoms. The molecule has 2 aromatic rings. The number of ether oxygens (including phenoxy) is 1. The van der Waals surface area contributed by atoms with Crippen molar-refractivity contribution >= 4 is 46.9 Å². The maximum atomic E-state index is 13.0. The molecule has 3 aliphatic rings. The van der Waals surface area contributed by atoms with E-state index in [4.69, 9.17) is 4.74 Å². The molecule has 3 amide bonds. The van der Waals surface area contributed by atoms with E-state index < -0.39 is 63.9 Å². The second kappa shape index (κ2) is 8.61. The van der Waals surface area contributed by atoms with Crippen LogP contribution in [0.2, 0.25) is 0 Å². The number of amides is 3. The summed E-state index contributed by atoms with van der Waals surface area (Å²) in [7, 11) is 0. The second-order valence-corrected chi connectivity index (χ2v) is 9.08. The predicted molar refractivity (Wildman–Crippen MR) is 122 cm³/mol. The van der Waals surface area contributed by atoms with Crippen LogP contribution >= 0.6 is 11.8 Å². The molecule has 0 radical (unpaired) electrons. The highest BCUT2D eigenvalue weighted by Crippen LogP contribution is 2.44. The van der Waals surface area contributed by atoms with E-state index in [1.165, 1.54) is 24.3 Å². The Hall–Kier alpha value is -4.52. The van der Waals surface area contributed by atoms with Gasteiger partial charge in [0.25, 0.3) is 23.4 Å². The third kappa shape index (κ3) is 3.51. The molecule has 0 spiro atoms. The first-order chi connectivity index (χ1) is 17.2. The van der Waals surface area contributed by atoms with Crippen molar-refractivity contribution in [2.24, 2.45) is 0 Å². The van der Waals surface area contributed by atoms with Crippen molar-refractivity contribution in [2.75, 3.05) is 12.4 Å². The van der Waals surface area contributed by atoms with Crippen molar-refractivity contribution in [3.8, 4) is 0 Å². The Morgan fingerprint density at radius 1 is 1.03 bits per heavy atom. The number of Topliss-reactive ketones (excluding diaryl/α,β-unsaturated/α-hetero) is 1. The van der Waals surface area contributed by atoms with E-state index in [2.05, 4.69) is 0 Å². The highest BCUT2D eigenvalue weighted by Gasteiger charge is 2.60. The number of β-lactam (4-membered cyclic amide) rings is 1. The van der Waals surface area contributed by atoms with E-state index in [9.17, 15) is 39.2 Å². The van der Waals surface area contributed by atoms with E-state index >= 15 is 0 Å². The van der Waals surface area contributed by atoms with Crippen molar-refractivity contribution in [1.82, 2.24) is 9.80 Å². The summed E-state index contributed by atoms with van der Waals surface area (Å²) in [5, 5.41) is 20.2. The van der Waals surface area contributed by atoms with Crippen LogP contribution in [-0.4, -0.2) is 73.1 Å². The summed E-state index contributed by atoms with van der Waals surface area (Å²) >= 11 is 1.07. The van der Waals surface area contributed by atoms with Gasteiger partial charge in [-0.2, -0.15) is 0 Å². The Balaban J connectivity index is 1.29. The minimum atomic E-state index is -1.17. The number of benzene rings is 2. The number of nitrogens with zero attached hydrogens (tertiary/aromatic N) is 3. The van der Waals surface area contributed by atoms with Gasteiger partial charge in [0, 0.05) is 17.7 Å². The Bertz CT molecular complexity index is 1370. The van der Waals surface area contributed by atoms with Crippen molar-refractivity contribution in [3.05, 3.63) is 86.8 Å². The Kier molecular flexibility index (Phi) is 5.55. The number of hydrogen-bond acceptors (Lipinski definition) is 10. The highest BCUT2D eigenvalue weighted by molar-refractivity contribution is 8.00. The highest BCUT2D eigenvalue weighted by atomic mass is 32.2. The quantitative estimate of drug-likeness (QED) is 0.151. The molecule has 3 aliphatic heterocycles. The number of nitro benzene ring substituents is 1. The lowest BCUT2D eigenvalue weighted by molar-refractivity contribution is -0.384. The van der Waals surface area contributed by atoms with Gasteiger partial charge in [-0.25, -0.2) is 4.79 Å². The zero-order valence-electron chi connectivity index (χ0n) is 18.2. The summed E-state index contributed by atoms with van der Waals surface area (Å²) in [6.07, 6.45) is 0. The van der Waals surface area contributed by atoms with Crippen LogP contribution in [0.25, 0.3) is 0 Å². The Morgan fingerprint density at radius 3 is 2.22 bits per heavy atom. The van der Waals surface area contributed by atoms with E-state index in [1.54, 1.807) is 12.1 Å². The first-order valence-electron chi connectivity index (χ1n) is 10.5. The molecular formula is C23H15N3O9S. The summed E-state index contributed by atoms with van der Waals surface area (Å²) in [5.41, 5.74) is -0.259. The minimum Gasteiger partial charge on any atom is -0.509 e. The summed E-state index contributed by atoms with van der Waals surface area (Å²) in [6, 6.07) is 9.69. The van der Waals surface area contributed by atoms with Gasteiger partial charge in [0.1, 0.15) is 17.2 Å². The molecule has 0 aromatic heterocycles. The first-order valence-corrected chi connectivity index (χ1v) is 11.5. The van der Waals surface area contributed by atoms with Crippen LogP contribution < -0.4 is 0 Å². The molecule has 3 heterocycles. The summed E-state index contributed by atoms with van der Waals surface area (Å²) in [4.78, 5) is 75.6. The van der Waals surface area contributed by atoms with Gasteiger partial charge in [0.15, 0.2) is 18.1 Å². The van der Waals surface area contributed by atoms with Crippen molar-refractivity contribution in [1.29, 1.82) is 0 Å². The number of non-ortho nitro benzene ring substituents is 1. The van der Waals surface area contributed by atoms with Crippen LogP contribution in [0.15, 0.2) is 60.0 Å². The SMILES string of the molecule is O=C(OCC(=O)c1ccc([N+](=O)[O-])cc1)C1=C(O)CS[C@@H]2C(N3C(=O)c4ccccc4C3=O)C(=O)N12. The summed E-state index contributed by atoms with van der Waals surface area (Å²) < 4.78 is 5.01. The number of carbonyl (C=O) groups is 5. The second-order valence-electron chi connectivity index (χ2n) is 7.98. The van der Waals surface area contributed by atoms with Crippen molar-refractivity contribution in [3.63, 3.8) is 0 Å². The number of imide groups is 1. The Labute approximate surface area is 206 Å². The van der Waals surface area contributed by atoms with Gasteiger partial charge < -0.3 is 9.84 Å². The molecule has 13 heteroatoms. The monoisotopic (exact) mass is 509 g/mol. The van der Waals surface area contributed by atoms with Crippen LogP contribution in [0.1, 0.15) is 31.1 Å². The summed E-state index contributed by atoms with van der Waals surface area (Å²) in [6.45, 7) is -0.741. The van der Waals surface area contributed by atoms with Crippen LogP contribution in [-0.2, 0) is 14.3 Å². The van der Waals surface area contributed by atoms with Crippen LogP contribution in [0, 0.1) is 10.1 Å². The molecule has 2 atom stereocenters. The molecular weight excluding hydrogens is 494 g/mol. The first kappa shape index (κ1) is 23.2. The number of fused-ring (bicyclic) bond motifs is 2. The molecule has 5 rings (SSSR count). The number of ketones is 1. The van der Waals surface area contributed by atoms with Crippen LogP contribution in [0.3, 0.4) is 0 Å². The fourth-order valence-corrected chi connectivity index (χ4v) is 5.43. The number of hydrogen-bond donors (Lipinski definition) is 1. The zero-order valence-corrected chi connectivity index (χ0v) is 19.0. The molecule has 0 aliphatic carbocycles. The van der Waals surface area contributed by atoms with Crippen molar-refractivity contribution in [2.45, 2.75) is 11.4 Å². The average Bonchev–Trinajstić information content (AvgIpc) is 3.12. The standard InChI is InChI=1S/C23H15N3O9S/c27-15(11-5-7-12(8-6-11)26(33)34)9-35-23(32)17-16(28)10-36-22-18(21(31)25(17)22)24-19(29)13-3-1-2-4-14(13)20(24)30/h1-8,18,22,28H,9-10H2/t18?,22-/m1/s1. The topological polar surface area (TPSA) is 164 Å². The van der Waals surface area contributed by atoms with E-state index in [-0.39, 0.29) is 28.1 Å². The molecule has 12 nitrogen and oxygen atoms in total. The molecule has 1 fully saturated rings. The third-order valence-corrected chi connectivity index (χ3v) is 7.20. The predicted octanol–water partition coefficient (Wildman–Crippen LogP) is 1.67. The lowest BCUT2D eigenvalue weighted by Gasteiger charge is -2.50. The van der Waals surface area contributed by atoms with Gasteiger partial charge in [0.05, 0.1) is 21.8 Å². The molecule has 1 saturated heterocycles. The molecule has 182 valence electrons. The minimum absolute atomic E-state index is 0.0643. The van der Waals surface area contributed by atoms with Crippen LogP contribution in [0.4, 0.5) is 5.69 Å². The molecule has 2 aromatic carbocycles. The third-order valence-electron chi connectivity index (χ3n) is 5.95. The van der Waals surface area contributed by atoms with Gasteiger partial charge in [-0.3, -0.25) is 39.1 Å². The number of carbonyl (C=O) groups excluding carboxylic acids is 5. The normalized spacial score (nSPS) is 20.6. The maximum absolute atomic E-state index is 13.0. The Morgan fingerprint density at radius 2 is 1.64 bits per heavy atom. The number of aliphatic hydroxyl groups excluding tert-OH is 1. The molecule has 1 N–H and O–H groups in total. The van der Waals surface area contributed by atoms with E-state index in [1.807, 2.05) is 0 Å². The zero-order chi connectivity index (χ0) is 25.7. The van der Waals surface area contributed by atoms with E-state index in [0.717, 1.165) is 33.7 Å². The number of rotatable bonds is 6. The lowest BCUT2D eigenvalue weighted by Crippen LogP contribution is -2.71. The largest absolute Gasteiger partial charge is 0.509 e. The molecule has 36 heavy (non-hydrogen) atoms. The van der Waals surface area contributed by atoms with Gasteiger partial charge in [-0.15, -0.1) is 11.8 Å². The number of nitro groups is 1. The maximum Gasteiger partial charge on any atom is 0.359 e. The van der Waals surface area contributed by atoms with Crippen molar-refractivity contribution < 1.29 is 38.7 Å². The fourth-order valence-electron chi connectivity index (χ4n) is 4.19. The number of thioether (sulfide) groups is 1. The molecule has 0 saturated carbocycles. The fraction of sp³-hybridized carbons (Fsp3) is 0.174. The smallest absolute Gasteiger partial charge is 0.359 e. The van der Waals surface area contributed by atoms with Gasteiger partial charge in [0.2, 0.25) is 0 Å². The average molecular weight is 509 g/mol. The molecule has 1 unspecified atom stereocenters. The lowest BCUT2D eigenvalue weighted by atomic mass is 10.0. The van der Waals surface area contributed by atoms with Crippen LogP contribution in [0.5, 0.6) is 0 Å². The van der Waals surface area contributed by atoms with Gasteiger partial charge in [-0.05, 0) is 24.3 Å². The van der Waals surface area contributed by atoms with Gasteiger partial charge in [-0.1, -0.05) is 12.1 Å².